The predicted octanol–water partition coefficient (Wildman–Crippen LogP) is 3.91. The van der Waals surface area contributed by atoms with Gasteiger partial charge in [-0.3, -0.25) is 0 Å². The summed E-state index contributed by atoms with van der Waals surface area (Å²) < 4.78 is 16.6. The van der Waals surface area contributed by atoms with Gasteiger partial charge >= 0.3 is 0 Å². The number of nitrogens with zero attached hydrogens (tertiary/aromatic N) is 1. The highest BCUT2D eigenvalue weighted by atomic mass is 16.5. The van der Waals surface area contributed by atoms with E-state index in [0.29, 0.717) is 24.7 Å². The molecule has 128 valence electrons. The number of hydrogen-bond donors (Lipinski definition) is 1. The first-order valence-corrected chi connectivity index (χ1v) is 7.96. The van der Waals surface area contributed by atoms with Gasteiger partial charge in [0.25, 0.3) is 0 Å². The fourth-order valence-electron chi connectivity index (χ4n) is 2.30. The summed E-state index contributed by atoms with van der Waals surface area (Å²) in [6, 6.07) is 13.4. The van der Waals surface area contributed by atoms with Gasteiger partial charge in [-0.05, 0) is 42.3 Å². The minimum absolute atomic E-state index is 0.403. The third-order valence-corrected chi connectivity index (χ3v) is 3.47. The van der Waals surface area contributed by atoms with Crippen molar-refractivity contribution in [2.24, 2.45) is 5.16 Å². The van der Waals surface area contributed by atoms with Gasteiger partial charge in [0.15, 0.2) is 11.5 Å². The molecule has 0 unspecified atom stereocenters. The number of methoxy groups -OCH3 is 1. The van der Waals surface area contributed by atoms with Gasteiger partial charge in [-0.25, -0.2) is 0 Å². The Balaban J connectivity index is 1.83. The minimum atomic E-state index is 0.403. The molecule has 0 aliphatic carbocycles. The second-order valence-electron chi connectivity index (χ2n) is 5.25. The van der Waals surface area contributed by atoms with Gasteiger partial charge in [0.05, 0.1) is 13.3 Å². The lowest BCUT2D eigenvalue weighted by Crippen LogP contribution is -2.09. The number of benzene rings is 2. The SMILES string of the molecule is CCCc1ccc(OCCOc2ccc(/C=N/O)cc2OC)cc1. The molecule has 0 bridgehead atoms. The Morgan fingerprint density at radius 2 is 1.75 bits per heavy atom. The molecule has 5 heteroatoms. The molecule has 0 heterocycles. The summed E-state index contributed by atoms with van der Waals surface area (Å²) in [5, 5.41) is 11.6. The van der Waals surface area contributed by atoms with Crippen molar-refractivity contribution in [2.45, 2.75) is 19.8 Å². The zero-order valence-electron chi connectivity index (χ0n) is 14.1. The molecular weight excluding hydrogens is 306 g/mol. The van der Waals surface area contributed by atoms with Gasteiger partial charge < -0.3 is 19.4 Å². The second kappa shape index (κ2) is 9.45. The van der Waals surface area contributed by atoms with Crippen LogP contribution in [0.2, 0.25) is 0 Å². The molecule has 0 saturated heterocycles. The summed E-state index contributed by atoms with van der Waals surface area (Å²) in [4.78, 5) is 0. The van der Waals surface area contributed by atoms with E-state index in [1.807, 2.05) is 12.1 Å². The molecule has 0 fully saturated rings. The molecule has 1 N–H and O–H groups in total. The maximum atomic E-state index is 8.56. The van der Waals surface area contributed by atoms with E-state index in [4.69, 9.17) is 19.4 Å². The minimum Gasteiger partial charge on any atom is -0.493 e. The summed E-state index contributed by atoms with van der Waals surface area (Å²) in [7, 11) is 1.57. The van der Waals surface area contributed by atoms with Crippen molar-refractivity contribution in [1.29, 1.82) is 0 Å². The van der Waals surface area contributed by atoms with Crippen LogP contribution in [0, 0.1) is 0 Å². The Hall–Kier alpha value is -2.69. The summed E-state index contributed by atoms with van der Waals surface area (Å²) in [6.45, 7) is 3.01. The van der Waals surface area contributed by atoms with Crippen LogP contribution in [0.25, 0.3) is 0 Å². The van der Waals surface area contributed by atoms with E-state index in [-0.39, 0.29) is 0 Å². The smallest absolute Gasteiger partial charge is 0.161 e. The predicted molar refractivity (Wildman–Crippen MR) is 93.8 cm³/mol. The van der Waals surface area contributed by atoms with E-state index in [0.717, 1.165) is 24.2 Å². The lowest BCUT2D eigenvalue weighted by Gasteiger charge is -2.12. The summed E-state index contributed by atoms with van der Waals surface area (Å²) >= 11 is 0. The van der Waals surface area contributed by atoms with Gasteiger partial charge in [-0.1, -0.05) is 30.6 Å². The first-order chi connectivity index (χ1) is 11.8. The summed E-state index contributed by atoms with van der Waals surface area (Å²) in [5.41, 5.74) is 2.04. The van der Waals surface area contributed by atoms with Gasteiger partial charge in [-0.2, -0.15) is 0 Å². The van der Waals surface area contributed by atoms with Crippen LogP contribution in [0.1, 0.15) is 24.5 Å². The molecule has 0 amide bonds. The molecule has 0 atom stereocenters. The van der Waals surface area contributed by atoms with Gasteiger partial charge in [0, 0.05) is 5.56 Å². The van der Waals surface area contributed by atoms with E-state index in [1.54, 1.807) is 25.3 Å². The molecule has 0 spiro atoms. The molecule has 0 aliphatic rings. The Morgan fingerprint density at radius 1 is 1.00 bits per heavy atom. The van der Waals surface area contributed by atoms with E-state index in [2.05, 4.69) is 24.2 Å². The van der Waals surface area contributed by atoms with Crippen molar-refractivity contribution in [3.63, 3.8) is 0 Å². The first kappa shape index (κ1) is 17.7. The van der Waals surface area contributed by atoms with Crippen LogP contribution < -0.4 is 14.2 Å². The Bertz CT molecular complexity index is 653. The molecule has 2 aromatic carbocycles. The Kier molecular flexibility index (Phi) is 6.95. The monoisotopic (exact) mass is 329 g/mol. The van der Waals surface area contributed by atoms with Crippen LogP contribution in [0.3, 0.4) is 0 Å². The Labute approximate surface area is 142 Å². The first-order valence-electron chi connectivity index (χ1n) is 7.96. The lowest BCUT2D eigenvalue weighted by atomic mass is 10.1. The fraction of sp³-hybridized carbons (Fsp3) is 0.316. The maximum Gasteiger partial charge on any atom is 0.161 e. The van der Waals surface area contributed by atoms with E-state index in [1.165, 1.54) is 11.8 Å². The quantitative estimate of drug-likeness (QED) is 0.328. The molecule has 0 aliphatic heterocycles. The van der Waals surface area contributed by atoms with Crippen LogP contribution in [-0.2, 0) is 6.42 Å². The van der Waals surface area contributed by atoms with E-state index in [9.17, 15) is 0 Å². The van der Waals surface area contributed by atoms with E-state index >= 15 is 0 Å². The third kappa shape index (κ3) is 5.19. The highest BCUT2D eigenvalue weighted by Gasteiger charge is 2.05. The number of oxime groups is 1. The molecular formula is C19H23NO4. The van der Waals surface area contributed by atoms with Crippen molar-refractivity contribution in [3.8, 4) is 17.2 Å². The number of ether oxygens (including phenoxy) is 3. The number of rotatable bonds is 9. The molecule has 0 aromatic heterocycles. The zero-order valence-corrected chi connectivity index (χ0v) is 14.1. The lowest BCUT2D eigenvalue weighted by molar-refractivity contribution is 0.211. The van der Waals surface area contributed by atoms with Gasteiger partial charge in [0.2, 0.25) is 0 Å². The van der Waals surface area contributed by atoms with Gasteiger partial charge in [0.1, 0.15) is 19.0 Å². The molecule has 0 radical (unpaired) electrons. The number of hydrogen-bond acceptors (Lipinski definition) is 5. The fourth-order valence-corrected chi connectivity index (χ4v) is 2.30. The topological polar surface area (TPSA) is 60.3 Å². The van der Waals surface area contributed by atoms with Gasteiger partial charge in [-0.15, -0.1) is 0 Å². The summed E-state index contributed by atoms with van der Waals surface area (Å²) in [5.74, 6) is 2.03. The second-order valence-corrected chi connectivity index (χ2v) is 5.25. The van der Waals surface area contributed by atoms with Crippen LogP contribution in [0.15, 0.2) is 47.6 Å². The average Bonchev–Trinajstić information content (AvgIpc) is 2.61. The average molecular weight is 329 g/mol. The highest BCUT2D eigenvalue weighted by Crippen LogP contribution is 2.27. The van der Waals surface area contributed by atoms with Crippen LogP contribution in [0.5, 0.6) is 17.2 Å². The van der Waals surface area contributed by atoms with Crippen molar-refractivity contribution in [1.82, 2.24) is 0 Å². The summed E-state index contributed by atoms with van der Waals surface area (Å²) in [6.07, 6.45) is 3.55. The zero-order chi connectivity index (χ0) is 17.2. The van der Waals surface area contributed by atoms with Crippen molar-refractivity contribution in [2.75, 3.05) is 20.3 Å². The Morgan fingerprint density at radius 3 is 2.42 bits per heavy atom. The van der Waals surface area contributed by atoms with Crippen LogP contribution in [0.4, 0.5) is 0 Å². The largest absolute Gasteiger partial charge is 0.493 e. The third-order valence-electron chi connectivity index (χ3n) is 3.47. The molecule has 2 aromatic rings. The highest BCUT2D eigenvalue weighted by molar-refractivity contribution is 5.80. The van der Waals surface area contributed by atoms with Crippen molar-refractivity contribution >= 4 is 6.21 Å². The maximum absolute atomic E-state index is 8.56. The molecule has 0 saturated carbocycles. The van der Waals surface area contributed by atoms with Crippen LogP contribution in [-0.4, -0.2) is 31.7 Å². The molecule has 5 nitrogen and oxygen atoms in total. The standard InChI is InChI=1S/C19H23NO4/c1-3-4-15-5-8-17(9-6-15)23-11-12-24-18-10-7-16(14-20-21)13-19(18)22-2/h5-10,13-14,21H,3-4,11-12H2,1-2H3/b20-14+. The van der Waals surface area contributed by atoms with Crippen molar-refractivity contribution in [3.05, 3.63) is 53.6 Å². The van der Waals surface area contributed by atoms with E-state index < -0.39 is 0 Å². The van der Waals surface area contributed by atoms with Crippen LogP contribution >= 0.6 is 0 Å². The number of aryl methyl sites for hydroxylation is 1. The normalized spacial score (nSPS) is 10.8. The molecule has 2 rings (SSSR count). The molecule has 24 heavy (non-hydrogen) atoms. The van der Waals surface area contributed by atoms with Crippen molar-refractivity contribution < 1.29 is 19.4 Å².